The minimum Gasteiger partial charge on any atom is -0.497 e. The van der Waals surface area contributed by atoms with E-state index in [4.69, 9.17) is 18.9 Å². The van der Waals surface area contributed by atoms with Crippen LogP contribution in [0.2, 0.25) is 0 Å². The Kier molecular flexibility index (Phi) is 12.3. The Morgan fingerprint density at radius 1 is 0.818 bits per heavy atom. The molecule has 3 rings (SSSR count). The van der Waals surface area contributed by atoms with Crippen molar-refractivity contribution >= 4 is 27.5 Å². The smallest absolute Gasteiger partial charge is 0.265 e. The molecule has 0 aliphatic carbocycles. The third-order valence-electron chi connectivity index (χ3n) is 7.10. The number of hydrogen-bond donors (Lipinski definition) is 1. The largest absolute Gasteiger partial charge is 0.497 e. The zero-order chi connectivity index (χ0) is 32.3. The number of nitrogens with one attached hydrogen (secondary N) is 1. The maximum atomic E-state index is 14.4. The van der Waals surface area contributed by atoms with Crippen molar-refractivity contribution in [3.63, 3.8) is 0 Å². The van der Waals surface area contributed by atoms with Crippen LogP contribution in [0.1, 0.15) is 25.8 Å². The Morgan fingerprint density at radius 2 is 1.48 bits per heavy atom. The van der Waals surface area contributed by atoms with E-state index in [9.17, 15) is 18.0 Å². The Bertz CT molecular complexity index is 1520. The fourth-order valence-corrected chi connectivity index (χ4v) is 6.23. The Labute approximate surface area is 259 Å². The molecule has 0 aliphatic heterocycles. The lowest BCUT2D eigenvalue weighted by molar-refractivity contribution is -0.139. The van der Waals surface area contributed by atoms with Crippen LogP contribution in [-0.4, -0.2) is 79.2 Å². The van der Waals surface area contributed by atoms with Crippen LogP contribution in [-0.2, 0) is 26.0 Å². The molecule has 0 saturated heterocycles. The number of likely N-dealkylation sites (N-methyl/N-ethyl adjacent to an activating group) is 1. The van der Waals surface area contributed by atoms with Crippen LogP contribution in [0.25, 0.3) is 0 Å². The van der Waals surface area contributed by atoms with Gasteiger partial charge >= 0.3 is 0 Å². The normalized spacial score (nSPS) is 11.7. The van der Waals surface area contributed by atoms with Gasteiger partial charge in [-0.3, -0.25) is 13.9 Å². The minimum absolute atomic E-state index is 0.0871. The molecule has 0 spiro atoms. The molecule has 0 aliphatic rings. The third kappa shape index (κ3) is 7.93. The Morgan fingerprint density at radius 3 is 2.07 bits per heavy atom. The molecule has 0 radical (unpaired) electrons. The molecule has 0 unspecified atom stereocenters. The van der Waals surface area contributed by atoms with E-state index in [1.165, 1.54) is 57.6 Å². The van der Waals surface area contributed by atoms with Gasteiger partial charge in [0, 0.05) is 25.2 Å². The molecule has 0 saturated carbocycles. The number of hydrogen-bond acceptors (Lipinski definition) is 8. The molecule has 238 valence electrons. The standard InChI is InChI=1S/C32H41N3O8S/c1-7-26(32(37)33-8-2)34(19-18-23-12-10-9-11-13-23)31(36)22-35(27-20-24(40-3)14-16-28(27)41-4)44(38,39)25-15-17-29(42-5)30(21-25)43-6/h9-17,20-21,26H,7-8,18-19,22H2,1-6H3,(H,33,37)/t26-/m1/s1. The van der Waals surface area contributed by atoms with E-state index in [0.29, 0.717) is 30.9 Å². The van der Waals surface area contributed by atoms with E-state index < -0.39 is 28.5 Å². The molecule has 0 fully saturated rings. The first kappa shape index (κ1) is 34.0. The summed E-state index contributed by atoms with van der Waals surface area (Å²) in [6.45, 7) is 3.57. The van der Waals surface area contributed by atoms with E-state index >= 15 is 0 Å². The fourth-order valence-electron chi connectivity index (χ4n) is 4.80. The summed E-state index contributed by atoms with van der Waals surface area (Å²) < 4.78 is 51.3. The predicted molar refractivity (Wildman–Crippen MR) is 168 cm³/mol. The van der Waals surface area contributed by atoms with Gasteiger partial charge in [-0.2, -0.15) is 0 Å². The summed E-state index contributed by atoms with van der Waals surface area (Å²) >= 11 is 0. The third-order valence-corrected chi connectivity index (χ3v) is 8.85. The van der Waals surface area contributed by atoms with Crippen molar-refractivity contribution < 1.29 is 37.0 Å². The summed E-state index contributed by atoms with van der Waals surface area (Å²) in [5.41, 5.74) is 1.06. The summed E-state index contributed by atoms with van der Waals surface area (Å²) in [5.74, 6) is 0.222. The lowest BCUT2D eigenvalue weighted by atomic mass is 10.1. The van der Waals surface area contributed by atoms with Crippen molar-refractivity contribution in [3.05, 3.63) is 72.3 Å². The first-order valence-electron chi connectivity index (χ1n) is 14.2. The quantitative estimate of drug-likeness (QED) is 0.254. The summed E-state index contributed by atoms with van der Waals surface area (Å²) in [5, 5.41) is 2.80. The van der Waals surface area contributed by atoms with Gasteiger partial charge in [0.2, 0.25) is 11.8 Å². The molecule has 0 heterocycles. The van der Waals surface area contributed by atoms with Gasteiger partial charge < -0.3 is 29.2 Å². The predicted octanol–water partition coefficient (Wildman–Crippen LogP) is 3.90. The summed E-state index contributed by atoms with van der Waals surface area (Å²) in [6.07, 6.45) is 0.796. The number of benzene rings is 3. The van der Waals surface area contributed by atoms with Crippen molar-refractivity contribution in [2.75, 3.05) is 52.4 Å². The highest BCUT2D eigenvalue weighted by molar-refractivity contribution is 7.92. The second-order valence-corrected chi connectivity index (χ2v) is 11.6. The molecule has 3 aromatic carbocycles. The number of nitrogens with zero attached hydrogens (tertiary/aromatic N) is 2. The van der Waals surface area contributed by atoms with Crippen molar-refractivity contribution in [1.82, 2.24) is 10.2 Å². The maximum absolute atomic E-state index is 14.4. The van der Waals surface area contributed by atoms with Crippen LogP contribution < -0.4 is 28.6 Å². The number of anilines is 1. The van der Waals surface area contributed by atoms with Crippen LogP contribution in [0.5, 0.6) is 23.0 Å². The minimum atomic E-state index is -4.41. The van der Waals surface area contributed by atoms with Crippen molar-refractivity contribution in [2.24, 2.45) is 0 Å². The number of methoxy groups -OCH3 is 4. The maximum Gasteiger partial charge on any atom is 0.265 e. The van der Waals surface area contributed by atoms with Crippen LogP contribution >= 0.6 is 0 Å². The zero-order valence-corrected chi connectivity index (χ0v) is 26.8. The summed E-state index contributed by atoms with van der Waals surface area (Å²) in [6, 6.07) is 17.6. The number of carbonyl (C=O) groups excluding carboxylic acids is 2. The summed E-state index contributed by atoms with van der Waals surface area (Å²) in [7, 11) is 1.29. The van der Waals surface area contributed by atoms with Crippen molar-refractivity contribution in [1.29, 1.82) is 0 Å². The first-order chi connectivity index (χ1) is 21.1. The van der Waals surface area contributed by atoms with E-state index in [-0.39, 0.29) is 34.5 Å². The SMILES string of the molecule is CCNC(=O)[C@@H](CC)N(CCc1ccccc1)C(=O)CN(c1cc(OC)ccc1OC)S(=O)(=O)c1ccc(OC)c(OC)c1. The van der Waals surface area contributed by atoms with E-state index in [1.807, 2.05) is 37.3 Å². The van der Waals surface area contributed by atoms with Gasteiger partial charge in [0.25, 0.3) is 10.0 Å². The number of amides is 2. The average Bonchev–Trinajstić information content (AvgIpc) is 3.05. The molecule has 1 atom stereocenters. The molecule has 0 bridgehead atoms. The van der Waals surface area contributed by atoms with Crippen molar-refractivity contribution in [3.8, 4) is 23.0 Å². The lowest BCUT2D eigenvalue weighted by Gasteiger charge is -2.33. The second kappa shape index (κ2) is 15.9. The molecule has 3 aromatic rings. The van der Waals surface area contributed by atoms with Crippen molar-refractivity contribution in [2.45, 2.75) is 37.6 Å². The topological polar surface area (TPSA) is 124 Å². The lowest BCUT2D eigenvalue weighted by Crippen LogP contribution is -2.53. The molecule has 44 heavy (non-hydrogen) atoms. The number of ether oxygens (including phenoxy) is 4. The zero-order valence-electron chi connectivity index (χ0n) is 26.0. The Balaban J connectivity index is 2.15. The molecular formula is C32H41N3O8S. The van der Waals surface area contributed by atoms with Crippen LogP contribution in [0, 0.1) is 0 Å². The van der Waals surface area contributed by atoms with Gasteiger partial charge in [-0.15, -0.1) is 0 Å². The monoisotopic (exact) mass is 627 g/mol. The van der Waals surface area contributed by atoms with Crippen LogP contribution in [0.15, 0.2) is 71.6 Å². The van der Waals surface area contributed by atoms with Gasteiger partial charge in [-0.25, -0.2) is 8.42 Å². The van der Waals surface area contributed by atoms with E-state index in [2.05, 4.69) is 5.32 Å². The molecule has 2 amide bonds. The van der Waals surface area contributed by atoms with Crippen LogP contribution in [0.3, 0.4) is 0 Å². The van der Waals surface area contributed by atoms with Gasteiger partial charge in [0.1, 0.15) is 24.1 Å². The highest BCUT2D eigenvalue weighted by Crippen LogP contribution is 2.37. The number of rotatable bonds is 16. The molecule has 11 nitrogen and oxygen atoms in total. The number of sulfonamides is 1. The number of carbonyl (C=O) groups is 2. The fraction of sp³-hybridized carbons (Fsp3) is 0.375. The van der Waals surface area contributed by atoms with Gasteiger partial charge in [0.05, 0.1) is 39.0 Å². The molecule has 0 aromatic heterocycles. The van der Waals surface area contributed by atoms with E-state index in [0.717, 1.165) is 9.87 Å². The van der Waals surface area contributed by atoms with Crippen LogP contribution in [0.4, 0.5) is 5.69 Å². The van der Waals surface area contributed by atoms with Gasteiger partial charge in [-0.1, -0.05) is 37.3 Å². The molecule has 12 heteroatoms. The van der Waals surface area contributed by atoms with Gasteiger partial charge in [0.15, 0.2) is 11.5 Å². The van der Waals surface area contributed by atoms with E-state index in [1.54, 1.807) is 19.1 Å². The Hall–Kier alpha value is -4.45. The first-order valence-corrected chi connectivity index (χ1v) is 15.7. The summed E-state index contributed by atoms with van der Waals surface area (Å²) in [4.78, 5) is 28.7. The van der Waals surface area contributed by atoms with Gasteiger partial charge in [-0.05, 0) is 49.6 Å². The highest BCUT2D eigenvalue weighted by atomic mass is 32.2. The average molecular weight is 628 g/mol. The molecular weight excluding hydrogens is 586 g/mol. The highest BCUT2D eigenvalue weighted by Gasteiger charge is 2.35. The molecule has 1 N–H and O–H groups in total. The second-order valence-electron chi connectivity index (χ2n) is 9.71.